The molecule has 10 heteroatoms. The smallest absolute Gasteiger partial charge is 0.187 e. The summed E-state index contributed by atoms with van der Waals surface area (Å²) in [5, 5.41) is 67.2. The Kier molecular flexibility index (Phi) is 6.07. The van der Waals surface area contributed by atoms with Crippen molar-refractivity contribution in [1.82, 2.24) is 0 Å². The number of ether oxygens (including phenoxy) is 3. The van der Waals surface area contributed by atoms with Crippen LogP contribution in [0.4, 0.5) is 0 Å². The van der Waals surface area contributed by atoms with Gasteiger partial charge in [-0.1, -0.05) is 0 Å². The number of rotatable bonds is 4. The monoisotopic (exact) mass is 326 g/mol. The summed E-state index contributed by atoms with van der Waals surface area (Å²) in [6.07, 6.45) is -12.3. The summed E-state index contributed by atoms with van der Waals surface area (Å²) in [5.41, 5.74) is 0. The molecule has 0 radical (unpaired) electrons. The average molecular weight is 326 g/mol. The molecule has 2 saturated heterocycles. The average Bonchev–Trinajstić information content (AvgIpc) is 2.51. The first-order valence-electron chi connectivity index (χ1n) is 6.95. The van der Waals surface area contributed by atoms with E-state index in [4.69, 9.17) is 24.4 Å². The summed E-state index contributed by atoms with van der Waals surface area (Å²) >= 11 is 0. The predicted molar refractivity (Wildman–Crippen MR) is 67.5 cm³/mol. The third kappa shape index (κ3) is 3.41. The molecule has 0 aliphatic carbocycles. The van der Waals surface area contributed by atoms with E-state index in [2.05, 4.69) is 0 Å². The van der Waals surface area contributed by atoms with Gasteiger partial charge in [0.15, 0.2) is 6.29 Å². The van der Waals surface area contributed by atoms with Crippen LogP contribution in [0.25, 0.3) is 0 Å². The molecule has 0 spiro atoms. The Hall–Kier alpha value is -0.400. The Balaban J connectivity index is 2.07. The van der Waals surface area contributed by atoms with Gasteiger partial charge < -0.3 is 50.0 Å². The van der Waals surface area contributed by atoms with E-state index in [9.17, 15) is 25.5 Å². The van der Waals surface area contributed by atoms with Gasteiger partial charge in [-0.2, -0.15) is 0 Å². The van der Waals surface area contributed by atoms with Crippen LogP contribution in [-0.4, -0.2) is 111 Å². The van der Waals surface area contributed by atoms with Crippen molar-refractivity contribution in [1.29, 1.82) is 0 Å². The topological polar surface area (TPSA) is 169 Å². The summed E-state index contributed by atoms with van der Waals surface area (Å²) in [6.45, 7) is -1.32. The largest absolute Gasteiger partial charge is 0.394 e. The zero-order valence-corrected chi connectivity index (χ0v) is 11.7. The normalized spacial score (nSPS) is 50.0. The van der Waals surface area contributed by atoms with Crippen LogP contribution >= 0.6 is 0 Å². The first-order valence-corrected chi connectivity index (χ1v) is 6.95. The number of hydrogen-bond acceptors (Lipinski definition) is 10. The number of hydrogen-bond donors (Lipinski definition) is 7. The summed E-state index contributed by atoms with van der Waals surface area (Å²) in [6, 6.07) is 0. The van der Waals surface area contributed by atoms with Gasteiger partial charge in [-0.15, -0.1) is 0 Å². The molecule has 2 aliphatic rings. The van der Waals surface area contributed by atoms with Gasteiger partial charge in [-0.25, -0.2) is 0 Å². The fourth-order valence-electron chi connectivity index (χ4n) is 2.52. The van der Waals surface area contributed by atoms with Gasteiger partial charge in [0.1, 0.15) is 48.8 Å². The second-order valence-electron chi connectivity index (χ2n) is 5.41. The summed E-state index contributed by atoms with van der Waals surface area (Å²) in [5.74, 6) is 0. The molecule has 22 heavy (non-hydrogen) atoms. The summed E-state index contributed by atoms with van der Waals surface area (Å²) in [4.78, 5) is 0. The van der Waals surface area contributed by atoms with Gasteiger partial charge in [-0.05, 0) is 0 Å². The fraction of sp³-hybridized carbons (Fsp3) is 1.00. The predicted octanol–water partition coefficient (Wildman–Crippen LogP) is -4.72. The minimum atomic E-state index is -1.65. The van der Waals surface area contributed by atoms with Crippen molar-refractivity contribution in [3.8, 4) is 0 Å². The molecule has 7 N–H and O–H groups in total. The molecule has 0 aromatic heterocycles. The zero-order chi connectivity index (χ0) is 16.4. The van der Waals surface area contributed by atoms with Crippen LogP contribution in [0.5, 0.6) is 0 Å². The molecule has 2 aliphatic heterocycles. The van der Waals surface area contributed by atoms with Gasteiger partial charge >= 0.3 is 0 Å². The lowest BCUT2D eigenvalue weighted by Gasteiger charge is -2.44. The Labute approximate surface area is 126 Å². The van der Waals surface area contributed by atoms with Crippen molar-refractivity contribution in [2.45, 2.75) is 55.1 Å². The minimum Gasteiger partial charge on any atom is -0.394 e. The lowest BCUT2D eigenvalue weighted by Crippen LogP contribution is -2.63. The highest BCUT2D eigenvalue weighted by Gasteiger charge is 2.48. The maximum absolute atomic E-state index is 9.99. The molecule has 2 heterocycles. The molecule has 0 aromatic carbocycles. The van der Waals surface area contributed by atoms with E-state index >= 15 is 0 Å². The van der Waals surface area contributed by atoms with Gasteiger partial charge in [-0.3, -0.25) is 0 Å². The maximum atomic E-state index is 9.99. The first kappa shape index (κ1) is 17.9. The van der Waals surface area contributed by atoms with Gasteiger partial charge in [0.25, 0.3) is 0 Å². The van der Waals surface area contributed by atoms with Crippen LogP contribution < -0.4 is 0 Å². The molecule has 9 atom stereocenters. The molecule has 0 bridgehead atoms. The van der Waals surface area contributed by atoms with Crippen molar-refractivity contribution >= 4 is 0 Å². The summed E-state index contributed by atoms with van der Waals surface area (Å²) in [7, 11) is 0. The molecule has 2 fully saturated rings. The second kappa shape index (κ2) is 7.45. The van der Waals surface area contributed by atoms with E-state index in [0.29, 0.717) is 0 Å². The molecule has 10 nitrogen and oxygen atoms in total. The van der Waals surface area contributed by atoms with E-state index in [-0.39, 0.29) is 6.61 Å². The highest BCUT2D eigenvalue weighted by Crippen LogP contribution is 2.26. The van der Waals surface area contributed by atoms with Crippen molar-refractivity contribution in [3.05, 3.63) is 0 Å². The van der Waals surface area contributed by atoms with Crippen molar-refractivity contribution in [2.24, 2.45) is 0 Å². The third-order valence-electron chi connectivity index (χ3n) is 3.90. The van der Waals surface area contributed by atoms with Crippen LogP contribution in [0.15, 0.2) is 0 Å². The number of aliphatic hydroxyl groups is 7. The Bertz CT molecular complexity index is 353. The molecule has 130 valence electrons. The third-order valence-corrected chi connectivity index (χ3v) is 3.90. The van der Waals surface area contributed by atoms with Crippen LogP contribution in [0.2, 0.25) is 0 Å². The maximum Gasteiger partial charge on any atom is 0.187 e. The Morgan fingerprint density at radius 3 is 2.05 bits per heavy atom. The van der Waals surface area contributed by atoms with Gasteiger partial charge in [0.05, 0.1) is 19.8 Å². The quantitative estimate of drug-likeness (QED) is 0.266. The fourth-order valence-corrected chi connectivity index (χ4v) is 2.52. The molecular weight excluding hydrogens is 304 g/mol. The SMILES string of the molecule is OC[C@H]1O[C@@H](O[C@H]2[C@H](O)[C@@H](CO)OC[C@@H]2O)[C@H](O)[C@@H](O)[C@@H]1O. The highest BCUT2D eigenvalue weighted by atomic mass is 16.7. The van der Waals surface area contributed by atoms with Gasteiger partial charge in [0, 0.05) is 0 Å². The van der Waals surface area contributed by atoms with E-state index in [1.807, 2.05) is 0 Å². The lowest BCUT2D eigenvalue weighted by atomic mass is 9.97. The Morgan fingerprint density at radius 1 is 0.818 bits per heavy atom. The zero-order valence-electron chi connectivity index (χ0n) is 11.7. The van der Waals surface area contributed by atoms with Gasteiger partial charge in [0.2, 0.25) is 0 Å². The minimum absolute atomic E-state index is 0.204. The van der Waals surface area contributed by atoms with E-state index < -0.39 is 68.3 Å². The second-order valence-corrected chi connectivity index (χ2v) is 5.41. The number of aliphatic hydroxyl groups excluding tert-OH is 7. The first-order chi connectivity index (χ1) is 10.4. The van der Waals surface area contributed by atoms with Crippen LogP contribution in [-0.2, 0) is 14.2 Å². The van der Waals surface area contributed by atoms with Crippen LogP contribution in [0.1, 0.15) is 0 Å². The molecule has 0 aromatic rings. The van der Waals surface area contributed by atoms with Crippen molar-refractivity contribution in [3.63, 3.8) is 0 Å². The molecule has 2 rings (SSSR count). The molecule has 0 saturated carbocycles. The van der Waals surface area contributed by atoms with Crippen LogP contribution in [0, 0.1) is 0 Å². The van der Waals surface area contributed by atoms with Crippen molar-refractivity contribution < 1.29 is 50.0 Å². The van der Waals surface area contributed by atoms with E-state index in [1.165, 1.54) is 0 Å². The molecule has 0 unspecified atom stereocenters. The van der Waals surface area contributed by atoms with E-state index in [0.717, 1.165) is 0 Å². The molecule has 0 amide bonds. The summed E-state index contributed by atoms with van der Waals surface area (Å²) < 4.78 is 15.5. The Morgan fingerprint density at radius 2 is 1.45 bits per heavy atom. The molecular formula is C12H22O10. The lowest BCUT2D eigenvalue weighted by molar-refractivity contribution is -0.335. The standard InChI is InChI=1S/C12H22O10/c13-1-5-8(17)11(4(15)3-20-5)22-12-10(19)9(18)7(16)6(2-14)21-12/h4-19H,1-3H2/t4-,5+,6+,7+,8+,9-,10+,11+,12-/m0/s1. The van der Waals surface area contributed by atoms with Crippen molar-refractivity contribution in [2.75, 3.05) is 19.8 Å². The van der Waals surface area contributed by atoms with E-state index in [1.54, 1.807) is 0 Å². The van der Waals surface area contributed by atoms with Crippen LogP contribution in [0.3, 0.4) is 0 Å². The highest BCUT2D eigenvalue weighted by molar-refractivity contribution is 4.92.